The predicted octanol–water partition coefficient (Wildman–Crippen LogP) is 1.44. The van der Waals surface area contributed by atoms with Crippen LogP contribution in [0.15, 0.2) is 54.2 Å². The Kier molecular flexibility index (Phi) is 6.84. The van der Waals surface area contributed by atoms with Gasteiger partial charge in [0.15, 0.2) is 0 Å². The Morgan fingerprint density at radius 1 is 1.17 bits per heavy atom. The van der Waals surface area contributed by atoms with Gasteiger partial charge < -0.3 is 19.6 Å². The van der Waals surface area contributed by atoms with E-state index in [0.717, 1.165) is 13.0 Å². The fourth-order valence-corrected chi connectivity index (χ4v) is 3.59. The first-order valence-electron chi connectivity index (χ1n) is 10.2. The third-order valence-electron chi connectivity index (χ3n) is 5.02. The molecule has 158 valence electrons. The Morgan fingerprint density at radius 3 is 2.50 bits per heavy atom. The standard InChI is InChI=1S/C23H27N3O4/c1-4-30-17-11-9-16(10-12-17)21(27)19-20(18-8-5-6-13-24-18)26(23(29)22(19)28)15-7-14-25(2)3/h5-6,8-13,20,27H,4,7,14-15H2,1-3H3/p+1/t20-/m1/s1. The molecule has 7 heteroatoms. The van der Waals surface area contributed by atoms with Crippen LogP contribution in [0.4, 0.5) is 0 Å². The highest BCUT2D eigenvalue weighted by molar-refractivity contribution is 6.46. The van der Waals surface area contributed by atoms with E-state index in [2.05, 4.69) is 4.98 Å². The number of ether oxygens (including phenoxy) is 1. The summed E-state index contributed by atoms with van der Waals surface area (Å²) in [6.45, 7) is 3.69. The van der Waals surface area contributed by atoms with Crippen LogP contribution in [0.25, 0.3) is 5.76 Å². The van der Waals surface area contributed by atoms with Crippen LogP contribution >= 0.6 is 0 Å². The van der Waals surface area contributed by atoms with Gasteiger partial charge in [-0.2, -0.15) is 0 Å². The summed E-state index contributed by atoms with van der Waals surface area (Å²) in [6, 6.07) is 11.5. The number of quaternary nitrogens is 1. The van der Waals surface area contributed by atoms with Crippen LogP contribution in [0.2, 0.25) is 0 Å². The molecule has 3 rings (SSSR count). The summed E-state index contributed by atoms with van der Waals surface area (Å²) in [5.41, 5.74) is 1.08. The summed E-state index contributed by atoms with van der Waals surface area (Å²) in [4.78, 5) is 32.9. The Morgan fingerprint density at radius 2 is 1.90 bits per heavy atom. The third-order valence-corrected chi connectivity index (χ3v) is 5.02. The van der Waals surface area contributed by atoms with E-state index in [4.69, 9.17) is 4.74 Å². The minimum atomic E-state index is -0.713. The predicted molar refractivity (Wildman–Crippen MR) is 113 cm³/mol. The van der Waals surface area contributed by atoms with E-state index in [1.54, 1.807) is 42.6 Å². The van der Waals surface area contributed by atoms with Gasteiger partial charge in [-0.3, -0.25) is 14.6 Å². The maximum atomic E-state index is 12.9. The molecule has 0 unspecified atom stereocenters. The zero-order valence-corrected chi connectivity index (χ0v) is 17.6. The third kappa shape index (κ3) is 4.52. The van der Waals surface area contributed by atoms with Gasteiger partial charge >= 0.3 is 0 Å². The number of ketones is 1. The molecule has 7 nitrogen and oxygen atoms in total. The van der Waals surface area contributed by atoms with Gasteiger partial charge in [0, 0.05) is 24.7 Å². The molecule has 1 aromatic heterocycles. The van der Waals surface area contributed by atoms with Crippen LogP contribution < -0.4 is 9.64 Å². The van der Waals surface area contributed by atoms with Crippen molar-refractivity contribution in [3.63, 3.8) is 0 Å². The van der Waals surface area contributed by atoms with Crippen LogP contribution in [0.1, 0.15) is 30.6 Å². The molecule has 0 radical (unpaired) electrons. The molecule has 1 fully saturated rings. The fourth-order valence-electron chi connectivity index (χ4n) is 3.59. The van der Waals surface area contributed by atoms with E-state index in [1.807, 2.05) is 27.1 Å². The highest BCUT2D eigenvalue weighted by Gasteiger charge is 2.46. The number of Topliss-reactive ketones (excluding diaryl/α,β-unsaturated/α-hetero) is 1. The van der Waals surface area contributed by atoms with Crippen molar-refractivity contribution in [3.05, 3.63) is 65.5 Å². The molecule has 0 aliphatic carbocycles. The number of carbonyl (C=O) groups is 2. The first kappa shape index (κ1) is 21.5. The number of hydrogen-bond acceptors (Lipinski definition) is 5. The smallest absolute Gasteiger partial charge is 0.295 e. The number of likely N-dealkylation sites (tertiary alicyclic amines) is 1. The number of hydrogen-bond donors (Lipinski definition) is 2. The average molecular weight is 410 g/mol. The number of pyridine rings is 1. The van der Waals surface area contributed by atoms with Crippen molar-refractivity contribution in [1.29, 1.82) is 0 Å². The number of aromatic nitrogens is 1. The SMILES string of the molecule is CCOc1ccc(C(O)=C2C(=O)C(=O)N(CCC[NH+](C)C)[C@@H]2c2ccccn2)cc1. The van der Waals surface area contributed by atoms with Gasteiger partial charge in [0.1, 0.15) is 17.6 Å². The van der Waals surface area contributed by atoms with Crippen LogP contribution in [0, 0.1) is 0 Å². The molecule has 1 aromatic carbocycles. The first-order valence-corrected chi connectivity index (χ1v) is 10.2. The zero-order valence-electron chi connectivity index (χ0n) is 17.6. The Labute approximate surface area is 176 Å². The Bertz CT molecular complexity index is 923. The monoisotopic (exact) mass is 410 g/mol. The van der Waals surface area contributed by atoms with Crippen LogP contribution in [0.3, 0.4) is 0 Å². The van der Waals surface area contributed by atoms with Gasteiger partial charge in [-0.05, 0) is 43.3 Å². The Hall–Kier alpha value is -3.19. The molecule has 1 aliphatic rings. The maximum Gasteiger partial charge on any atom is 0.295 e. The Balaban J connectivity index is 2.02. The quantitative estimate of drug-likeness (QED) is 0.391. The van der Waals surface area contributed by atoms with Gasteiger partial charge in [-0.1, -0.05) is 6.07 Å². The summed E-state index contributed by atoms with van der Waals surface area (Å²) in [6.07, 6.45) is 2.36. The number of benzene rings is 1. The van der Waals surface area contributed by atoms with Crippen molar-refractivity contribution in [3.8, 4) is 5.75 Å². The molecule has 1 saturated heterocycles. The highest BCUT2D eigenvalue weighted by atomic mass is 16.5. The summed E-state index contributed by atoms with van der Waals surface area (Å²) in [5, 5.41) is 11.0. The molecule has 2 heterocycles. The van der Waals surface area contributed by atoms with Crippen LogP contribution in [0.5, 0.6) is 5.75 Å². The number of aliphatic hydroxyl groups excluding tert-OH is 1. The normalized spacial score (nSPS) is 18.3. The topological polar surface area (TPSA) is 84.2 Å². The van der Waals surface area contributed by atoms with Gasteiger partial charge in [0.05, 0.1) is 38.5 Å². The molecule has 1 atom stereocenters. The van der Waals surface area contributed by atoms with Gasteiger partial charge in [0.2, 0.25) is 0 Å². The number of nitrogens with one attached hydrogen (secondary N) is 1. The highest BCUT2D eigenvalue weighted by Crippen LogP contribution is 2.38. The summed E-state index contributed by atoms with van der Waals surface area (Å²) in [5.74, 6) is -0.823. The number of carbonyl (C=O) groups excluding carboxylic acids is 2. The molecule has 0 spiro atoms. The van der Waals surface area contributed by atoms with E-state index in [1.165, 1.54) is 9.80 Å². The second-order valence-corrected chi connectivity index (χ2v) is 7.52. The molecule has 0 bridgehead atoms. The van der Waals surface area contributed by atoms with Crippen molar-refractivity contribution < 1.29 is 24.3 Å². The molecule has 1 amide bonds. The average Bonchev–Trinajstić information content (AvgIpc) is 2.99. The van der Waals surface area contributed by atoms with E-state index < -0.39 is 17.7 Å². The summed E-state index contributed by atoms with van der Waals surface area (Å²) >= 11 is 0. The van der Waals surface area contributed by atoms with Crippen LogP contribution in [-0.4, -0.2) is 60.5 Å². The second-order valence-electron chi connectivity index (χ2n) is 7.52. The zero-order chi connectivity index (χ0) is 21.7. The lowest BCUT2D eigenvalue weighted by molar-refractivity contribution is -0.858. The van der Waals surface area contributed by atoms with Crippen molar-refractivity contribution in [2.45, 2.75) is 19.4 Å². The van der Waals surface area contributed by atoms with Crippen molar-refractivity contribution in [2.75, 3.05) is 33.8 Å². The lowest BCUT2D eigenvalue weighted by Crippen LogP contribution is -3.05. The lowest BCUT2D eigenvalue weighted by atomic mass is 9.98. The number of rotatable bonds is 8. The molecular formula is C23H28N3O4+. The molecule has 2 N–H and O–H groups in total. The fraction of sp³-hybridized carbons (Fsp3) is 0.348. The van der Waals surface area contributed by atoms with Crippen molar-refractivity contribution >= 4 is 17.4 Å². The van der Waals surface area contributed by atoms with E-state index in [0.29, 0.717) is 30.2 Å². The van der Waals surface area contributed by atoms with Crippen LogP contribution in [-0.2, 0) is 9.59 Å². The molecule has 30 heavy (non-hydrogen) atoms. The largest absolute Gasteiger partial charge is 0.507 e. The minimum Gasteiger partial charge on any atom is -0.507 e. The molecule has 0 saturated carbocycles. The maximum absolute atomic E-state index is 12.9. The number of nitrogens with zero attached hydrogens (tertiary/aromatic N) is 2. The second kappa shape index (κ2) is 9.54. The molecule has 1 aliphatic heterocycles. The van der Waals surface area contributed by atoms with Crippen molar-refractivity contribution in [1.82, 2.24) is 9.88 Å². The van der Waals surface area contributed by atoms with Gasteiger partial charge in [-0.25, -0.2) is 0 Å². The van der Waals surface area contributed by atoms with Gasteiger partial charge in [-0.15, -0.1) is 0 Å². The summed E-state index contributed by atoms with van der Waals surface area (Å²) < 4.78 is 5.44. The number of amides is 1. The molecular weight excluding hydrogens is 382 g/mol. The first-order chi connectivity index (χ1) is 14.4. The van der Waals surface area contributed by atoms with E-state index >= 15 is 0 Å². The number of aliphatic hydroxyl groups is 1. The van der Waals surface area contributed by atoms with Gasteiger partial charge in [0.25, 0.3) is 11.7 Å². The lowest BCUT2D eigenvalue weighted by Gasteiger charge is -2.24. The van der Waals surface area contributed by atoms with Crippen molar-refractivity contribution in [2.24, 2.45) is 0 Å². The molecule has 2 aromatic rings. The van der Waals surface area contributed by atoms with E-state index in [9.17, 15) is 14.7 Å². The summed E-state index contributed by atoms with van der Waals surface area (Å²) in [7, 11) is 4.08. The van der Waals surface area contributed by atoms with E-state index in [-0.39, 0.29) is 11.3 Å². The minimum absolute atomic E-state index is 0.0695.